The fourth-order valence-corrected chi connectivity index (χ4v) is 2.01. The van der Waals surface area contributed by atoms with E-state index >= 15 is 0 Å². The number of aromatic nitrogens is 5. The molecule has 0 aliphatic heterocycles. The Morgan fingerprint density at radius 3 is 2.71 bits per heavy atom. The Morgan fingerprint density at radius 1 is 1.14 bits per heavy atom. The number of nitrogens with zero attached hydrogens (tertiary/aromatic N) is 5. The molecule has 21 heavy (non-hydrogen) atoms. The van der Waals surface area contributed by atoms with Crippen LogP contribution in [0.15, 0.2) is 49.2 Å². The summed E-state index contributed by atoms with van der Waals surface area (Å²) in [5.74, 6) is 0.829. The number of pyridine rings is 1. The van der Waals surface area contributed by atoms with Gasteiger partial charge in [0.25, 0.3) is 0 Å². The van der Waals surface area contributed by atoms with Gasteiger partial charge in [-0.05, 0) is 23.8 Å². The van der Waals surface area contributed by atoms with Crippen LogP contribution in [0, 0.1) is 0 Å². The zero-order valence-electron chi connectivity index (χ0n) is 11.7. The Bertz CT molecular complexity index is 676. The number of hydrogen-bond acceptors (Lipinski definition) is 4. The first kappa shape index (κ1) is 15.2. The third kappa shape index (κ3) is 3.90. The molecule has 1 N–H and O–H groups in total. The minimum absolute atomic E-state index is 0. The molecule has 0 radical (unpaired) electrons. The van der Waals surface area contributed by atoms with Gasteiger partial charge in [-0.3, -0.25) is 4.68 Å². The van der Waals surface area contributed by atoms with Crippen LogP contribution in [-0.2, 0) is 20.1 Å². The summed E-state index contributed by atoms with van der Waals surface area (Å²) >= 11 is 0. The largest absolute Gasteiger partial charge is 0.308 e. The highest BCUT2D eigenvalue weighted by atomic mass is 35.5. The number of aryl methyl sites for hydroxylation is 1. The molecule has 0 atom stereocenters. The summed E-state index contributed by atoms with van der Waals surface area (Å²) in [7, 11) is 1.92. The zero-order valence-corrected chi connectivity index (χ0v) is 12.5. The SMILES string of the molecule is Cl.Cn1cc(CNCc2ccnc(-n3cccn3)c2)cn1. The maximum absolute atomic E-state index is 4.31. The molecule has 0 unspecified atom stereocenters. The van der Waals surface area contributed by atoms with Crippen molar-refractivity contribution in [1.29, 1.82) is 0 Å². The predicted molar refractivity (Wildman–Crippen MR) is 82.4 cm³/mol. The van der Waals surface area contributed by atoms with Gasteiger partial charge in [0.1, 0.15) is 0 Å². The van der Waals surface area contributed by atoms with E-state index in [0.717, 1.165) is 18.9 Å². The van der Waals surface area contributed by atoms with Crippen molar-refractivity contribution in [2.45, 2.75) is 13.1 Å². The van der Waals surface area contributed by atoms with Gasteiger partial charge in [0.05, 0.1) is 6.20 Å². The van der Waals surface area contributed by atoms with E-state index in [2.05, 4.69) is 20.5 Å². The Labute approximate surface area is 129 Å². The molecule has 6 nitrogen and oxygen atoms in total. The number of nitrogens with one attached hydrogen (secondary N) is 1. The van der Waals surface area contributed by atoms with Gasteiger partial charge in [0.2, 0.25) is 0 Å². The number of rotatable bonds is 5. The van der Waals surface area contributed by atoms with Crippen LogP contribution in [0.5, 0.6) is 0 Å². The van der Waals surface area contributed by atoms with E-state index in [4.69, 9.17) is 0 Å². The van der Waals surface area contributed by atoms with Crippen molar-refractivity contribution in [2.75, 3.05) is 0 Å². The molecule has 0 amide bonds. The van der Waals surface area contributed by atoms with E-state index in [0.29, 0.717) is 0 Å². The van der Waals surface area contributed by atoms with Crippen LogP contribution >= 0.6 is 12.4 Å². The number of halogens is 1. The fraction of sp³-hybridized carbons (Fsp3) is 0.214. The molecular weight excluding hydrogens is 288 g/mol. The highest BCUT2D eigenvalue weighted by Gasteiger charge is 2.01. The maximum atomic E-state index is 4.31. The third-order valence-electron chi connectivity index (χ3n) is 2.97. The van der Waals surface area contributed by atoms with Crippen molar-refractivity contribution in [1.82, 2.24) is 29.9 Å². The van der Waals surface area contributed by atoms with Crippen LogP contribution in [0.4, 0.5) is 0 Å². The average Bonchev–Trinajstić information content (AvgIpc) is 3.11. The Balaban J connectivity index is 0.00000161. The monoisotopic (exact) mass is 304 g/mol. The van der Waals surface area contributed by atoms with Crippen LogP contribution in [0.1, 0.15) is 11.1 Å². The lowest BCUT2D eigenvalue weighted by molar-refractivity contribution is 0.689. The van der Waals surface area contributed by atoms with Crippen LogP contribution in [0.3, 0.4) is 0 Å². The minimum Gasteiger partial charge on any atom is -0.308 e. The molecule has 0 aliphatic carbocycles. The van der Waals surface area contributed by atoms with Gasteiger partial charge in [-0.2, -0.15) is 10.2 Å². The first-order valence-electron chi connectivity index (χ1n) is 6.44. The molecule has 110 valence electrons. The summed E-state index contributed by atoms with van der Waals surface area (Å²) in [5, 5.41) is 11.7. The van der Waals surface area contributed by atoms with E-state index < -0.39 is 0 Å². The summed E-state index contributed by atoms with van der Waals surface area (Å²) in [6.07, 6.45) is 9.31. The lowest BCUT2D eigenvalue weighted by Gasteiger charge is -2.05. The first-order chi connectivity index (χ1) is 9.81. The average molecular weight is 305 g/mol. The van der Waals surface area contributed by atoms with Crippen LogP contribution in [0.25, 0.3) is 5.82 Å². The molecule has 0 aliphatic rings. The van der Waals surface area contributed by atoms with Gasteiger partial charge in [-0.15, -0.1) is 12.4 Å². The van der Waals surface area contributed by atoms with Gasteiger partial charge >= 0.3 is 0 Å². The predicted octanol–water partition coefficient (Wildman–Crippen LogP) is 1.71. The molecule has 3 aromatic heterocycles. The van der Waals surface area contributed by atoms with E-state index in [9.17, 15) is 0 Å². The fourth-order valence-electron chi connectivity index (χ4n) is 2.01. The van der Waals surface area contributed by atoms with E-state index in [1.54, 1.807) is 21.8 Å². The molecule has 3 heterocycles. The van der Waals surface area contributed by atoms with Crippen molar-refractivity contribution in [3.63, 3.8) is 0 Å². The lowest BCUT2D eigenvalue weighted by atomic mass is 10.2. The standard InChI is InChI=1S/C14H16N6.ClH/c1-19-11-13(10-18-19)9-15-8-12-3-5-16-14(7-12)20-6-2-4-17-20;/h2-7,10-11,15H,8-9H2,1H3;1H. The van der Waals surface area contributed by atoms with Crippen molar-refractivity contribution < 1.29 is 0 Å². The van der Waals surface area contributed by atoms with E-state index in [-0.39, 0.29) is 12.4 Å². The smallest absolute Gasteiger partial charge is 0.153 e. The molecule has 0 spiro atoms. The van der Waals surface area contributed by atoms with Gasteiger partial charge < -0.3 is 5.32 Å². The van der Waals surface area contributed by atoms with Gasteiger partial charge in [0, 0.05) is 50.5 Å². The Kier molecular flexibility index (Phi) is 5.08. The molecule has 7 heteroatoms. The normalized spacial score (nSPS) is 10.3. The molecular formula is C14H17ClN6. The molecule has 0 saturated heterocycles. The maximum Gasteiger partial charge on any atom is 0.153 e. The second-order valence-electron chi connectivity index (χ2n) is 4.60. The second-order valence-corrected chi connectivity index (χ2v) is 4.60. The van der Waals surface area contributed by atoms with Crippen molar-refractivity contribution in [2.24, 2.45) is 7.05 Å². The van der Waals surface area contributed by atoms with Crippen LogP contribution < -0.4 is 5.32 Å². The molecule has 0 aromatic carbocycles. The first-order valence-corrected chi connectivity index (χ1v) is 6.44. The van der Waals surface area contributed by atoms with Gasteiger partial charge in [-0.1, -0.05) is 0 Å². The second kappa shape index (κ2) is 7.01. The highest BCUT2D eigenvalue weighted by Crippen LogP contribution is 2.06. The summed E-state index contributed by atoms with van der Waals surface area (Å²) in [5.41, 5.74) is 2.35. The molecule has 0 bridgehead atoms. The Morgan fingerprint density at radius 2 is 2.00 bits per heavy atom. The van der Waals surface area contributed by atoms with Crippen molar-refractivity contribution in [3.05, 3.63) is 60.3 Å². The third-order valence-corrected chi connectivity index (χ3v) is 2.97. The van der Waals surface area contributed by atoms with Crippen LogP contribution in [0.2, 0.25) is 0 Å². The zero-order chi connectivity index (χ0) is 13.8. The summed E-state index contributed by atoms with van der Waals surface area (Å²) < 4.78 is 3.56. The van der Waals surface area contributed by atoms with E-state index in [1.807, 2.05) is 43.8 Å². The Hall–Kier alpha value is -2.18. The molecule has 3 aromatic rings. The lowest BCUT2D eigenvalue weighted by Crippen LogP contribution is -2.12. The topological polar surface area (TPSA) is 60.6 Å². The summed E-state index contributed by atoms with van der Waals surface area (Å²) in [4.78, 5) is 4.31. The van der Waals surface area contributed by atoms with E-state index in [1.165, 1.54) is 11.1 Å². The summed E-state index contributed by atoms with van der Waals surface area (Å²) in [6, 6.07) is 5.92. The number of hydrogen-bond donors (Lipinski definition) is 1. The van der Waals surface area contributed by atoms with Gasteiger partial charge in [0.15, 0.2) is 5.82 Å². The highest BCUT2D eigenvalue weighted by molar-refractivity contribution is 5.85. The van der Waals surface area contributed by atoms with Crippen LogP contribution in [-0.4, -0.2) is 24.5 Å². The molecule has 0 saturated carbocycles. The van der Waals surface area contributed by atoms with Crippen molar-refractivity contribution in [3.8, 4) is 5.82 Å². The summed E-state index contributed by atoms with van der Waals surface area (Å²) in [6.45, 7) is 1.58. The van der Waals surface area contributed by atoms with Gasteiger partial charge in [-0.25, -0.2) is 9.67 Å². The quantitative estimate of drug-likeness (QED) is 0.779. The molecule has 0 fully saturated rings. The molecule has 3 rings (SSSR count). The van der Waals surface area contributed by atoms with Crippen molar-refractivity contribution >= 4 is 12.4 Å². The minimum atomic E-state index is 0.